The summed E-state index contributed by atoms with van der Waals surface area (Å²) in [6.07, 6.45) is -2.50. The van der Waals surface area contributed by atoms with Gasteiger partial charge in [-0.2, -0.15) is 0 Å². The van der Waals surface area contributed by atoms with E-state index >= 15 is 0 Å². The minimum Gasteiger partial charge on any atom is -0.209 e. The number of halogens is 5. The van der Waals surface area contributed by atoms with Crippen LogP contribution in [0.2, 0.25) is 0 Å². The van der Waals surface area contributed by atoms with Crippen molar-refractivity contribution >= 4 is 31.9 Å². The Kier molecular flexibility index (Phi) is 3.79. The van der Waals surface area contributed by atoms with Crippen LogP contribution in [0.25, 0.3) is 0 Å². The number of hydrogen-bond donors (Lipinski definition) is 0. The molecule has 1 unspecified atom stereocenters. The lowest BCUT2D eigenvalue weighted by Gasteiger charge is -2.09. The highest BCUT2D eigenvalue weighted by molar-refractivity contribution is 9.10. The van der Waals surface area contributed by atoms with Crippen LogP contribution >= 0.6 is 31.9 Å². The van der Waals surface area contributed by atoms with Gasteiger partial charge in [-0.15, -0.1) is 0 Å². The van der Waals surface area contributed by atoms with E-state index in [1.165, 1.54) is 12.1 Å². The number of hydrogen-bond acceptors (Lipinski definition) is 0. The lowest BCUT2D eigenvalue weighted by Crippen LogP contribution is -2.01. The first-order chi connectivity index (χ1) is 6.02. The molecule has 0 aliphatic heterocycles. The Morgan fingerprint density at radius 1 is 1.23 bits per heavy atom. The Morgan fingerprint density at radius 2 is 1.85 bits per heavy atom. The van der Waals surface area contributed by atoms with Crippen molar-refractivity contribution in [2.75, 3.05) is 0 Å². The minimum atomic E-state index is -2.50. The molecule has 0 saturated heterocycles. The molecule has 13 heavy (non-hydrogen) atoms. The summed E-state index contributed by atoms with van der Waals surface area (Å²) in [4.78, 5) is -1.05. The highest BCUT2D eigenvalue weighted by Crippen LogP contribution is 2.31. The zero-order chi connectivity index (χ0) is 10.0. The maximum absolute atomic E-state index is 12.7. The van der Waals surface area contributed by atoms with Gasteiger partial charge < -0.3 is 0 Å². The van der Waals surface area contributed by atoms with Gasteiger partial charge in [0.2, 0.25) is 0 Å². The fourth-order valence-corrected chi connectivity index (χ4v) is 1.51. The van der Waals surface area contributed by atoms with Gasteiger partial charge in [0.25, 0.3) is 6.43 Å². The summed E-state index contributed by atoms with van der Waals surface area (Å²) in [5.74, 6) is -0.460. The van der Waals surface area contributed by atoms with Gasteiger partial charge in [0.05, 0.1) is 4.47 Å². The van der Waals surface area contributed by atoms with Crippen molar-refractivity contribution in [1.29, 1.82) is 0 Å². The molecule has 0 amide bonds. The van der Waals surface area contributed by atoms with Crippen molar-refractivity contribution in [2.24, 2.45) is 0 Å². The normalized spacial score (nSPS) is 13.4. The van der Waals surface area contributed by atoms with Crippen molar-refractivity contribution in [3.8, 4) is 0 Å². The van der Waals surface area contributed by atoms with Crippen molar-refractivity contribution in [3.05, 3.63) is 34.1 Å². The van der Waals surface area contributed by atoms with Gasteiger partial charge in [-0.25, -0.2) is 13.2 Å². The van der Waals surface area contributed by atoms with Crippen molar-refractivity contribution < 1.29 is 13.2 Å². The first-order valence-corrected chi connectivity index (χ1v) is 5.10. The van der Waals surface area contributed by atoms with E-state index in [-0.39, 0.29) is 4.47 Å². The van der Waals surface area contributed by atoms with E-state index in [1.54, 1.807) is 0 Å². The summed E-state index contributed by atoms with van der Waals surface area (Å²) in [5.41, 5.74) is 0.350. The largest absolute Gasteiger partial charge is 0.255 e. The van der Waals surface area contributed by atoms with Crippen LogP contribution in [0.3, 0.4) is 0 Å². The molecule has 0 spiro atoms. The summed E-state index contributed by atoms with van der Waals surface area (Å²) in [7, 11) is 0. The molecule has 5 heteroatoms. The summed E-state index contributed by atoms with van der Waals surface area (Å²) in [6.45, 7) is 0. The lowest BCUT2D eigenvalue weighted by atomic mass is 10.1. The average Bonchev–Trinajstić information content (AvgIpc) is 2.08. The molecule has 0 radical (unpaired) electrons. The Bertz CT molecular complexity index is 301. The van der Waals surface area contributed by atoms with E-state index in [2.05, 4.69) is 31.9 Å². The van der Waals surface area contributed by atoms with Crippen molar-refractivity contribution in [2.45, 2.75) is 11.3 Å². The van der Waals surface area contributed by atoms with E-state index in [0.29, 0.717) is 5.56 Å². The summed E-state index contributed by atoms with van der Waals surface area (Å²) in [5, 5.41) is 0. The third kappa shape index (κ3) is 2.71. The number of benzene rings is 1. The Morgan fingerprint density at radius 3 is 2.31 bits per heavy atom. The molecule has 72 valence electrons. The second-order valence-electron chi connectivity index (χ2n) is 2.41. The van der Waals surface area contributed by atoms with Crippen LogP contribution in [0, 0.1) is 5.82 Å². The molecule has 0 N–H and O–H groups in total. The summed E-state index contributed by atoms with van der Waals surface area (Å²) in [6, 6.07) is 3.81. The molecule has 0 aromatic heterocycles. The van der Waals surface area contributed by atoms with Gasteiger partial charge >= 0.3 is 0 Å². The fraction of sp³-hybridized carbons (Fsp3) is 0.250. The third-order valence-electron chi connectivity index (χ3n) is 1.48. The lowest BCUT2D eigenvalue weighted by molar-refractivity contribution is 0.147. The molecular weight excluding hydrogens is 313 g/mol. The van der Waals surface area contributed by atoms with Gasteiger partial charge in [-0.3, -0.25) is 0 Å². The van der Waals surface area contributed by atoms with E-state index in [4.69, 9.17) is 0 Å². The number of alkyl halides is 3. The monoisotopic (exact) mass is 316 g/mol. The molecule has 0 saturated carbocycles. The SMILES string of the molecule is Fc1ccc(C(Br)C(F)F)cc1Br. The molecule has 1 rings (SSSR count). The maximum atomic E-state index is 12.7. The Balaban J connectivity index is 2.97. The first-order valence-electron chi connectivity index (χ1n) is 3.39. The van der Waals surface area contributed by atoms with Gasteiger partial charge in [0.15, 0.2) is 0 Å². The van der Waals surface area contributed by atoms with Gasteiger partial charge in [0, 0.05) is 0 Å². The number of rotatable bonds is 2. The topological polar surface area (TPSA) is 0 Å². The molecule has 0 heterocycles. The van der Waals surface area contributed by atoms with Crippen LogP contribution in [0.5, 0.6) is 0 Å². The Hall–Kier alpha value is -0.0300. The molecule has 1 atom stereocenters. The maximum Gasteiger partial charge on any atom is 0.255 e. The van der Waals surface area contributed by atoms with Crippen LogP contribution in [0.4, 0.5) is 13.2 Å². The summed E-state index contributed by atoms with van der Waals surface area (Å²) >= 11 is 5.74. The molecule has 0 fully saturated rings. The average molecular weight is 318 g/mol. The first kappa shape index (κ1) is 11.0. The minimum absolute atomic E-state index is 0.190. The van der Waals surface area contributed by atoms with E-state index in [1.807, 2.05) is 0 Å². The summed E-state index contributed by atoms with van der Waals surface area (Å²) < 4.78 is 37.3. The molecule has 1 aromatic rings. The van der Waals surface area contributed by atoms with Crippen molar-refractivity contribution in [1.82, 2.24) is 0 Å². The predicted octanol–water partition coefficient (Wildman–Crippen LogP) is 4.29. The smallest absolute Gasteiger partial charge is 0.209 e. The molecule has 0 aliphatic rings. The third-order valence-corrected chi connectivity index (χ3v) is 3.02. The quantitative estimate of drug-likeness (QED) is 0.714. The Labute approximate surface area is 90.4 Å². The van der Waals surface area contributed by atoms with Crippen molar-refractivity contribution in [3.63, 3.8) is 0 Å². The second-order valence-corrected chi connectivity index (χ2v) is 4.25. The van der Waals surface area contributed by atoms with E-state index < -0.39 is 17.1 Å². The van der Waals surface area contributed by atoms with E-state index in [9.17, 15) is 13.2 Å². The highest BCUT2D eigenvalue weighted by Gasteiger charge is 2.19. The van der Waals surface area contributed by atoms with Crippen LogP contribution in [-0.2, 0) is 0 Å². The molecule has 0 aliphatic carbocycles. The van der Waals surface area contributed by atoms with Crippen LogP contribution in [0.1, 0.15) is 10.4 Å². The fourth-order valence-electron chi connectivity index (χ4n) is 0.829. The van der Waals surface area contributed by atoms with E-state index in [0.717, 1.165) is 6.07 Å². The standard InChI is InChI=1S/C8H5Br2F3/c9-5-3-4(1-2-6(5)11)7(10)8(12)13/h1-3,7-8H. The van der Waals surface area contributed by atoms with Crippen LogP contribution in [0.15, 0.2) is 22.7 Å². The molecule has 0 bridgehead atoms. The van der Waals surface area contributed by atoms with Gasteiger partial charge in [-0.05, 0) is 33.6 Å². The van der Waals surface area contributed by atoms with Gasteiger partial charge in [0.1, 0.15) is 10.6 Å². The molecular formula is C8H5Br2F3. The van der Waals surface area contributed by atoms with Crippen LogP contribution in [-0.4, -0.2) is 6.43 Å². The second kappa shape index (κ2) is 4.46. The molecule has 1 aromatic carbocycles. The zero-order valence-corrected chi connectivity index (χ0v) is 9.45. The molecule has 0 nitrogen and oxygen atoms in total. The zero-order valence-electron chi connectivity index (χ0n) is 6.28. The van der Waals surface area contributed by atoms with Crippen LogP contribution < -0.4 is 0 Å². The highest BCUT2D eigenvalue weighted by atomic mass is 79.9. The predicted molar refractivity (Wildman–Crippen MR) is 51.8 cm³/mol. The van der Waals surface area contributed by atoms with Gasteiger partial charge in [-0.1, -0.05) is 22.0 Å².